The van der Waals surface area contributed by atoms with Crippen molar-refractivity contribution in [3.05, 3.63) is 53.1 Å². The number of methoxy groups -OCH3 is 1. The van der Waals surface area contributed by atoms with Crippen molar-refractivity contribution in [1.82, 2.24) is 0 Å². The van der Waals surface area contributed by atoms with Gasteiger partial charge in [0, 0.05) is 16.4 Å². The van der Waals surface area contributed by atoms with Gasteiger partial charge in [0.2, 0.25) is 5.11 Å². The van der Waals surface area contributed by atoms with Gasteiger partial charge in [-0.05, 0) is 73.9 Å². The van der Waals surface area contributed by atoms with Crippen molar-refractivity contribution in [2.24, 2.45) is 4.99 Å². The van der Waals surface area contributed by atoms with E-state index in [-0.39, 0.29) is 5.54 Å². The predicted molar refractivity (Wildman–Crippen MR) is 121 cm³/mol. The minimum Gasteiger partial charge on any atom is -0.497 e. The fourth-order valence-electron chi connectivity index (χ4n) is 4.23. The molecule has 1 aliphatic carbocycles. The van der Waals surface area contributed by atoms with Crippen molar-refractivity contribution < 1.29 is 4.74 Å². The lowest BCUT2D eigenvalue weighted by molar-refractivity contribution is 0.386. The quantitative estimate of drug-likeness (QED) is 0.628. The SMILES string of the molecule is COc1ccc(N2C(=S)N=C(Nc3cc(Cl)ccc3C)C23CCCCC3)cc1. The minimum atomic E-state index is -0.237. The summed E-state index contributed by atoms with van der Waals surface area (Å²) in [5, 5.41) is 4.89. The van der Waals surface area contributed by atoms with Crippen molar-refractivity contribution >= 4 is 46.1 Å². The summed E-state index contributed by atoms with van der Waals surface area (Å²) in [7, 11) is 1.68. The molecule has 1 heterocycles. The Hall–Kier alpha value is -2.11. The third-order valence-electron chi connectivity index (χ3n) is 5.73. The van der Waals surface area contributed by atoms with E-state index >= 15 is 0 Å². The number of benzene rings is 2. The van der Waals surface area contributed by atoms with E-state index < -0.39 is 0 Å². The van der Waals surface area contributed by atoms with Gasteiger partial charge in [-0.3, -0.25) is 0 Å². The van der Waals surface area contributed by atoms with Crippen LogP contribution in [0.25, 0.3) is 0 Å². The summed E-state index contributed by atoms with van der Waals surface area (Å²) in [6.45, 7) is 2.07. The second-order valence-corrected chi connectivity index (χ2v) is 8.25. The highest BCUT2D eigenvalue weighted by molar-refractivity contribution is 7.80. The Morgan fingerprint density at radius 1 is 1.11 bits per heavy atom. The van der Waals surface area contributed by atoms with Gasteiger partial charge in [0.05, 0.1) is 7.11 Å². The predicted octanol–water partition coefficient (Wildman–Crippen LogP) is 5.98. The van der Waals surface area contributed by atoms with Gasteiger partial charge in [0.1, 0.15) is 17.1 Å². The van der Waals surface area contributed by atoms with Crippen molar-refractivity contribution in [3.8, 4) is 5.75 Å². The van der Waals surface area contributed by atoms with Crippen LogP contribution < -0.4 is 15.0 Å². The van der Waals surface area contributed by atoms with Crippen LogP contribution in [0, 0.1) is 6.92 Å². The average Bonchev–Trinajstić information content (AvgIpc) is 2.96. The molecule has 0 bridgehead atoms. The van der Waals surface area contributed by atoms with E-state index in [0.717, 1.165) is 54.2 Å². The van der Waals surface area contributed by atoms with Crippen LogP contribution in [-0.4, -0.2) is 23.6 Å². The molecule has 1 saturated carbocycles. The Morgan fingerprint density at radius 2 is 1.82 bits per heavy atom. The number of halogens is 1. The molecular formula is C22H24ClN3OS. The van der Waals surface area contributed by atoms with Crippen LogP contribution in [0.15, 0.2) is 47.5 Å². The number of thiocarbonyl (C=S) groups is 1. The number of hydrogen-bond donors (Lipinski definition) is 1. The molecule has 2 aromatic carbocycles. The summed E-state index contributed by atoms with van der Waals surface area (Å²) in [4.78, 5) is 7.05. The van der Waals surface area contributed by atoms with Crippen molar-refractivity contribution in [2.45, 2.75) is 44.6 Å². The van der Waals surface area contributed by atoms with E-state index in [2.05, 4.69) is 29.3 Å². The number of nitrogens with one attached hydrogen (secondary N) is 1. The van der Waals surface area contributed by atoms with Crippen LogP contribution in [0.1, 0.15) is 37.7 Å². The number of aryl methyl sites for hydroxylation is 1. The van der Waals surface area contributed by atoms with Crippen LogP contribution in [0.5, 0.6) is 5.75 Å². The minimum absolute atomic E-state index is 0.237. The fourth-order valence-corrected chi connectivity index (χ4v) is 4.77. The number of aliphatic imine (C=N–C) groups is 1. The summed E-state index contributed by atoms with van der Waals surface area (Å²) in [6, 6.07) is 13.9. The van der Waals surface area contributed by atoms with Gasteiger partial charge in [0.15, 0.2) is 0 Å². The van der Waals surface area contributed by atoms with Gasteiger partial charge in [0.25, 0.3) is 0 Å². The smallest absolute Gasteiger partial charge is 0.202 e. The molecule has 0 atom stereocenters. The highest BCUT2D eigenvalue weighted by atomic mass is 35.5. The summed E-state index contributed by atoms with van der Waals surface area (Å²) in [5.41, 5.74) is 2.93. The largest absolute Gasteiger partial charge is 0.497 e. The van der Waals surface area contributed by atoms with Gasteiger partial charge >= 0.3 is 0 Å². The van der Waals surface area contributed by atoms with Gasteiger partial charge in [-0.2, -0.15) is 0 Å². The standard InChI is InChI=1S/C22H24ClN3OS/c1-15-6-7-16(23)14-19(15)24-20-22(12-4-3-5-13-22)26(21(28)25-20)17-8-10-18(27-2)11-9-17/h6-11,14H,3-5,12-13H2,1-2H3,(H,24,25,28). The summed E-state index contributed by atoms with van der Waals surface area (Å²) < 4.78 is 5.32. The Balaban J connectivity index is 1.73. The molecule has 1 N–H and O–H groups in total. The maximum atomic E-state index is 6.23. The van der Waals surface area contributed by atoms with E-state index in [1.165, 1.54) is 6.42 Å². The van der Waals surface area contributed by atoms with Gasteiger partial charge < -0.3 is 15.0 Å². The molecule has 4 rings (SSSR count). The molecule has 6 heteroatoms. The van der Waals surface area contributed by atoms with Crippen molar-refractivity contribution in [1.29, 1.82) is 0 Å². The number of amidine groups is 1. The lowest BCUT2D eigenvalue weighted by Crippen LogP contribution is -2.55. The molecule has 2 aromatic rings. The number of anilines is 2. The van der Waals surface area contributed by atoms with E-state index in [0.29, 0.717) is 10.1 Å². The first-order valence-electron chi connectivity index (χ1n) is 9.64. The zero-order chi connectivity index (χ0) is 19.7. The molecule has 2 aliphatic rings. The Kier molecular flexibility index (Phi) is 5.30. The molecule has 28 heavy (non-hydrogen) atoms. The van der Waals surface area contributed by atoms with Crippen LogP contribution in [0.4, 0.5) is 11.4 Å². The van der Waals surface area contributed by atoms with E-state index in [1.54, 1.807) is 7.11 Å². The third kappa shape index (κ3) is 3.38. The molecule has 146 valence electrons. The Labute approximate surface area is 176 Å². The van der Waals surface area contributed by atoms with E-state index in [1.807, 2.05) is 30.3 Å². The third-order valence-corrected chi connectivity index (χ3v) is 6.24. The number of hydrogen-bond acceptors (Lipinski definition) is 3. The first kappa shape index (κ1) is 19.2. The van der Waals surface area contributed by atoms with Gasteiger partial charge in [-0.25, -0.2) is 4.99 Å². The zero-order valence-corrected chi connectivity index (χ0v) is 17.7. The first-order chi connectivity index (χ1) is 13.5. The normalized spacial score (nSPS) is 18.3. The highest BCUT2D eigenvalue weighted by Crippen LogP contribution is 2.42. The molecular weight excluding hydrogens is 390 g/mol. The topological polar surface area (TPSA) is 36.9 Å². The fraction of sp³-hybridized carbons (Fsp3) is 0.364. The summed E-state index contributed by atoms with van der Waals surface area (Å²) in [5.74, 6) is 1.76. The lowest BCUT2D eigenvalue weighted by atomic mass is 9.79. The second-order valence-electron chi connectivity index (χ2n) is 7.45. The zero-order valence-electron chi connectivity index (χ0n) is 16.2. The molecule has 0 unspecified atom stereocenters. The molecule has 1 spiro atoms. The molecule has 1 aliphatic heterocycles. The Morgan fingerprint density at radius 3 is 2.50 bits per heavy atom. The molecule has 0 radical (unpaired) electrons. The van der Waals surface area contributed by atoms with Crippen LogP contribution >= 0.6 is 23.8 Å². The van der Waals surface area contributed by atoms with Crippen LogP contribution in [0.2, 0.25) is 5.02 Å². The monoisotopic (exact) mass is 413 g/mol. The molecule has 0 amide bonds. The van der Waals surface area contributed by atoms with Gasteiger partial charge in [-0.1, -0.05) is 36.9 Å². The summed E-state index contributed by atoms with van der Waals surface area (Å²) >= 11 is 12.0. The number of nitrogens with zero attached hydrogens (tertiary/aromatic N) is 2. The first-order valence-corrected chi connectivity index (χ1v) is 10.4. The number of rotatable bonds is 3. The average molecular weight is 414 g/mol. The van der Waals surface area contributed by atoms with Crippen molar-refractivity contribution in [2.75, 3.05) is 17.3 Å². The molecule has 0 saturated heterocycles. The molecule has 4 nitrogen and oxygen atoms in total. The summed E-state index contributed by atoms with van der Waals surface area (Å²) in [6.07, 6.45) is 5.60. The number of ether oxygens (including phenoxy) is 1. The molecule has 0 aromatic heterocycles. The van der Waals surface area contributed by atoms with Crippen LogP contribution in [0.3, 0.4) is 0 Å². The van der Waals surface area contributed by atoms with E-state index in [9.17, 15) is 0 Å². The molecule has 1 fully saturated rings. The second kappa shape index (κ2) is 7.72. The van der Waals surface area contributed by atoms with Crippen molar-refractivity contribution in [3.63, 3.8) is 0 Å². The van der Waals surface area contributed by atoms with E-state index in [4.69, 9.17) is 33.5 Å². The maximum absolute atomic E-state index is 6.23. The Bertz CT molecular complexity index is 920. The van der Waals surface area contributed by atoms with Gasteiger partial charge in [-0.15, -0.1) is 0 Å². The maximum Gasteiger partial charge on any atom is 0.202 e. The van der Waals surface area contributed by atoms with Crippen LogP contribution in [-0.2, 0) is 0 Å². The highest BCUT2D eigenvalue weighted by Gasteiger charge is 2.49. The lowest BCUT2D eigenvalue weighted by Gasteiger charge is -2.43.